The fraction of sp³-hybridized carbons (Fsp3) is 0.261. The van der Waals surface area contributed by atoms with Crippen molar-refractivity contribution in [3.63, 3.8) is 0 Å². The molecular formula is C23H24N2O6. The molecule has 8 nitrogen and oxygen atoms in total. The quantitative estimate of drug-likeness (QED) is 0.474. The first-order chi connectivity index (χ1) is 15.0. The number of benzene rings is 2. The number of nitrogens with zero attached hydrogens (tertiary/aromatic N) is 1. The van der Waals surface area contributed by atoms with Crippen molar-refractivity contribution in [3.8, 4) is 17.2 Å². The number of carbonyl (C=O) groups is 2. The Morgan fingerprint density at radius 2 is 1.94 bits per heavy atom. The van der Waals surface area contributed by atoms with Crippen LogP contribution in [0.1, 0.15) is 23.4 Å². The van der Waals surface area contributed by atoms with Gasteiger partial charge < -0.3 is 24.3 Å². The third-order valence-corrected chi connectivity index (χ3v) is 4.40. The van der Waals surface area contributed by atoms with Crippen molar-refractivity contribution in [2.24, 2.45) is 0 Å². The van der Waals surface area contributed by atoms with Crippen LogP contribution in [-0.4, -0.2) is 35.4 Å². The largest absolute Gasteiger partial charge is 0.482 e. The Labute approximate surface area is 179 Å². The van der Waals surface area contributed by atoms with Crippen LogP contribution in [0.2, 0.25) is 0 Å². The highest BCUT2D eigenvalue weighted by Crippen LogP contribution is 2.22. The minimum atomic E-state index is -1.05. The molecule has 1 aromatic heterocycles. The molecule has 0 aliphatic carbocycles. The highest BCUT2D eigenvalue weighted by atomic mass is 16.5. The minimum absolute atomic E-state index is 0.242. The number of hydrogen-bond acceptors (Lipinski definition) is 6. The van der Waals surface area contributed by atoms with Crippen LogP contribution in [0, 0.1) is 6.92 Å². The van der Waals surface area contributed by atoms with Crippen LogP contribution >= 0.6 is 0 Å². The molecule has 162 valence electrons. The number of amides is 1. The highest BCUT2D eigenvalue weighted by Gasteiger charge is 2.11. The summed E-state index contributed by atoms with van der Waals surface area (Å²) >= 11 is 0. The van der Waals surface area contributed by atoms with Crippen LogP contribution in [0.3, 0.4) is 0 Å². The standard InChI is InChI=1S/C23H24N2O6/c1-16-20(25-22(31-16)18-8-3-2-4-9-18)11-6-12-29-23(28)24-14-17-7-5-10-19(13-17)30-15-21(26)27/h2-5,7-10,13H,6,11-12,14-15H2,1H3,(H,24,28)(H,26,27). The molecular weight excluding hydrogens is 400 g/mol. The van der Waals surface area contributed by atoms with Crippen molar-refractivity contribution >= 4 is 12.1 Å². The maximum atomic E-state index is 11.9. The summed E-state index contributed by atoms with van der Waals surface area (Å²) in [5.41, 5.74) is 2.54. The van der Waals surface area contributed by atoms with Gasteiger partial charge in [-0.05, 0) is 49.6 Å². The van der Waals surface area contributed by atoms with E-state index in [1.165, 1.54) is 0 Å². The van der Waals surface area contributed by atoms with Crippen molar-refractivity contribution in [2.75, 3.05) is 13.2 Å². The summed E-state index contributed by atoms with van der Waals surface area (Å²) in [6.45, 7) is 1.94. The highest BCUT2D eigenvalue weighted by molar-refractivity contribution is 5.68. The predicted molar refractivity (Wildman–Crippen MR) is 113 cm³/mol. The van der Waals surface area contributed by atoms with E-state index in [1.807, 2.05) is 37.3 Å². The zero-order valence-electron chi connectivity index (χ0n) is 17.2. The Morgan fingerprint density at radius 3 is 2.71 bits per heavy atom. The number of alkyl carbamates (subject to hydrolysis) is 1. The molecule has 3 rings (SSSR count). The summed E-state index contributed by atoms with van der Waals surface area (Å²) in [5.74, 6) is 0.715. The SMILES string of the molecule is Cc1oc(-c2ccccc2)nc1CCCOC(=O)NCc1cccc(OCC(=O)O)c1. The van der Waals surface area contributed by atoms with E-state index in [1.54, 1.807) is 24.3 Å². The lowest BCUT2D eigenvalue weighted by Crippen LogP contribution is -2.24. The Balaban J connectivity index is 1.39. The molecule has 0 bridgehead atoms. The maximum Gasteiger partial charge on any atom is 0.407 e. The number of carboxylic acids is 1. The molecule has 0 radical (unpaired) electrons. The summed E-state index contributed by atoms with van der Waals surface area (Å²) in [6.07, 6.45) is 0.727. The van der Waals surface area contributed by atoms with Gasteiger partial charge in [0, 0.05) is 12.1 Å². The van der Waals surface area contributed by atoms with Crippen LogP contribution in [0.25, 0.3) is 11.5 Å². The molecule has 0 atom stereocenters. The van der Waals surface area contributed by atoms with Gasteiger partial charge in [-0.15, -0.1) is 0 Å². The van der Waals surface area contributed by atoms with E-state index in [2.05, 4.69) is 10.3 Å². The molecule has 0 fully saturated rings. The van der Waals surface area contributed by atoms with E-state index in [0.29, 0.717) is 24.5 Å². The van der Waals surface area contributed by atoms with Gasteiger partial charge in [0.05, 0.1) is 12.3 Å². The molecule has 2 N–H and O–H groups in total. The zero-order valence-corrected chi connectivity index (χ0v) is 17.2. The average Bonchev–Trinajstić information content (AvgIpc) is 3.15. The summed E-state index contributed by atoms with van der Waals surface area (Å²) in [5, 5.41) is 11.3. The minimum Gasteiger partial charge on any atom is -0.482 e. The molecule has 8 heteroatoms. The van der Waals surface area contributed by atoms with Gasteiger partial charge in [-0.3, -0.25) is 0 Å². The van der Waals surface area contributed by atoms with Crippen LogP contribution < -0.4 is 10.1 Å². The Hall–Kier alpha value is -3.81. The van der Waals surface area contributed by atoms with Gasteiger partial charge >= 0.3 is 12.1 Å². The van der Waals surface area contributed by atoms with Crippen molar-refractivity contribution in [2.45, 2.75) is 26.3 Å². The number of carbonyl (C=O) groups excluding carboxylic acids is 1. The van der Waals surface area contributed by atoms with Crippen LogP contribution in [0.5, 0.6) is 5.75 Å². The number of rotatable bonds is 10. The molecule has 2 aromatic carbocycles. The monoisotopic (exact) mass is 424 g/mol. The number of oxazole rings is 1. The topological polar surface area (TPSA) is 111 Å². The van der Waals surface area contributed by atoms with Crippen molar-refractivity contribution < 1.29 is 28.6 Å². The molecule has 0 aliphatic heterocycles. The first-order valence-corrected chi connectivity index (χ1v) is 9.87. The van der Waals surface area contributed by atoms with Gasteiger partial charge in [0.15, 0.2) is 6.61 Å². The zero-order chi connectivity index (χ0) is 22.1. The Morgan fingerprint density at radius 1 is 1.13 bits per heavy atom. The van der Waals surface area contributed by atoms with E-state index in [9.17, 15) is 9.59 Å². The van der Waals surface area contributed by atoms with Crippen molar-refractivity contribution in [3.05, 3.63) is 71.6 Å². The summed E-state index contributed by atoms with van der Waals surface area (Å²) in [6, 6.07) is 16.5. The fourth-order valence-electron chi connectivity index (χ4n) is 2.88. The predicted octanol–water partition coefficient (Wildman–Crippen LogP) is 3.97. The Kier molecular flexibility index (Phi) is 7.64. The number of aliphatic carboxylic acids is 1. The van der Waals surface area contributed by atoms with Gasteiger partial charge in [-0.25, -0.2) is 14.6 Å². The number of ether oxygens (including phenoxy) is 2. The lowest BCUT2D eigenvalue weighted by atomic mass is 10.2. The molecule has 0 saturated carbocycles. The van der Waals surface area contributed by atoms with E-state index in [4.69, 9.17) is 19.0 Å². The molecule has 1 heterocycles. The van der Waals surface area contributed by atoms with E-state index < -0.39 is 18.7 Å². The number of aromatic nitrogens is 1. The van der Waals surface area contributed by atoms with Crippen LogP contribution in [-0.2, 0) is 22.5 Å². The van der Waals surface area contributed by atoms with Crippen molar-refractivity contribution in [1.29, 1.82) is 0 Å². The molecule has 0 unspecified atom stereocenters. The second-order valence-corrected chi connectivity index (χ2v) is 6.81. The third kappa shape index (κ3) is 6.88. The molecule has 0 spiro atoms. The summed E-state index contributed by atoms with van der Waals surface area (Å²) in [7, 11) is 0. The van der Waals surface area contributed by atoms with Gasteiger partial charge in [0.1, 0.15) is 11.5 Å². The Bertz CT molecular complexity index is 1020. The molecule has 31 heavy (non-hydrogen) atoms. The second-order valence-electron chi connectivity index (χ2n) is 6.81. The van der Waals surface area contributed by atoms with E-state index in [0.717, 1.165) is 22.6 Å². The van der Waals surface area contributed by atoms with E-state index >= 15 is 0 Å². The van der Waals surface area contributed by atoms with Crippen LogP contribution in [0.15, 0.2) is 59.0 Å². The maximum absolute atomic E-state index is 11.9. The van der Waals surface area contributed by atoms with E-state index in [-0.39, 0.29) is 13.2 Å². The number of hydrogen-bond donors (Lipinski definition) is 2. The molecule has 0 saturated heterocycles. The van der Waals surface area contributed by atoms with Gasteiger partial charge in [0.2, 0.25) is 5.89 Å². The summed E-state index contributed by atoms with van der Waals surface area (Å²) < 4.78 is 16.1. The number of carboxylic acid groups (broad SMARTS) is 1. The second kappa shape index (κ2) is 10.8. The lowest BCUT2D eigenvalue weighted by Gasteiger charge is -2.08. The molecule has 3 aromatic rings. The molecule has 0 aliphatic rings. The third-order valence-electron chi connectivity index (χ3n) is 4.40. The van der Waals surface area contributed by atoms with Crippen molar-refractivity contribution in [1.82, 2.24) is 10.3 Å². The lowest BCUT2D eigenvalue weighted by molar-refractivity contribution is -0.139. The fourth-order valence-corrected chi connectivity index (χ4v) is 2.88. The van der Waals surface area contributed by atoms with Gasteiger partial charge in [-0.1, -0.05) is 30.3 Å². The first kappa shape index (κ1) is 21.9. The van der Waals surface area contributed by atoms with Gasteiger partial charge in [0.25, 0.3) is 0 Å². The average molecular weight is 424 g/mol. The first-order valence-electron chi connectivity index (χ1n) is 9.87. The molecule has 1 amide bonds. The number of aryl methyl sites for hydroxylation is 2. The summed E-state index contributed by atoms with van der Waals surface area (Å²) in [4.78, 5) is 27.0. The normalized spacial score (nSPS) is 10.5. The number of nitrogens with one attached hydrogen (secondary N) is 1. The smallest absolute Gasteiger partial charge is 0.407 e. The van der Waals surface area contributed by atoms with Crippen LogP contribution in [0.4, 0.5) is 4.79 Å². The van der Waals surface area contributed by atoms with Gasteiger partial charge in [-0.2, -0.15) is 0 Å².